The Hall–Kier alpha value is -2.02. The molecule has 98 valence electrons. The van der Waals surface area contributed by atoms with Crippen LogP contribution in [0.2, 0.25) is 0 Å². The number of hydrogen-bond donors (Lipinski definition) is 1. The predicted molar refractivity (Wildman–Crippen MR) is 65.6 cm³/mol. The first-order chi connectivity index (χ1) is 9.20. The van der Waals surface area contributed by atoms with Gasteiger partial charge in [-0.25, -0.2) is 4.98 Å². The molecule has 0 aliphatic heterocycles. The van der Waals surface area contributed by atoms with E-state index in [1.54, 1.807) is 18.4 Å². The van der Waals surface area contributed by atoms with Gasteiger partial charge in [0.25, 0.3) is 0 Å². The van der Waals surface area contributed by atoms with E-state index in [1.165, 1.54) is 23.9 Å². The van der Waals surface area contributed by atoms with Crippen molar-refractivity contribution in [3.8, 4) is 5.75 Å². The van der Waals surface area contributed by atoms with Crippen molar-refractivity contribution in [3.63, 3.8) is 0 Å². The molecule has 19 heavy (non-hydrogen) atoms. The van der Waals surface area contributed by atoms with Gasteiger partial charge in [-0.3, -0.25) is 0 Å². The van der Waals surface area contributed by atoms with E-state index in [-0.39, 0.29) is 5.75 Å². The van der Waals surface area contributed by atoms with Crippen molar-refractivity contribution in [2.24, 2.45) is 0 Å². The Labute approximate surface area is 110 Å². The Morgan fingerprint density at radius 2 is 2.21 bits per heavy atom. The lowest BCUT2D eigenvalue weighted by molar-refractivity contribution is -0.0497. The Morgan fingerprint density at radius 1 is 1.32 bits per heavy atom. The van der Waals surface area contributed by atoms with Gasteiger partial charge in [-0.15, -0.1) is 0 Å². The summed E-state index contributed by atoms with van der Waals surface area (Å²) in [5.74, 6) is 0.0979. The molecule has 2 heterocycles. The SMILES string of the molecule is FC(F)Oc1ccc2nc(Sc3ccco3)[nH]c2c1. The molecule has 0 saturated heterocycles. The zero-order valence-corrected chi connectivity index (χ0v) is 10.3. The van der Waals surface area contributed by atoms with Crippen LogP contribution in [0.25, 0.3) is 11.0 Å². The Bertz CT molecular complexity index is 682. The molecule has 3 rings (SSSR count). The van der Waals surface area contributed by atoms with Crippen molar-refractivity contribution in [3.05, 3.63) is 36.6 Å². The van der Waals surface area contributed by atoms with Crippen molar-refractivity contribution >= 4 is 22.8 Å². The van der Waals surface area contributed by atoms with Crippen LogP contribution in [0, 0.1) is 0 Å². The van der Waals surface area contributed by atoms with Crippen LogP contribution in [0.4, 0.5) is 8.78 Å². The fourth-order valence-electron chi connectivity index (χ4n) is 1.61. The minimum atomic E-state index is -2.84. The van der Waals surface area contributed by atoms with Crippen molar-refractivity contribution < 1.29 is 17.9 Å². The molecular weight excluding hydrogens is 274 g/mol. The highest BCUT2D eigenvalue weighted by Gasteiger charge is 2.09. The highest BCUT2D eigenvalue weighted by atomic mass is 32.2. The van der Waals surface area contributed by atoms with Gasteiger partial charge in [-0.1, -0.05) is 0 Å². The first kappa shape index (κ1) is 12.0. The number of benzene rings is 1. The maximum atomic E-state index is 12.1. The number of ether oxygens (including phenoxy) is 1. The third kappa shape index (κ3) is 2.70. The van der Waals surface area contributed by atoms with E-state index in [4.69, 9.17) is 4.42 Å². The number of hydrogen-bond acceptors (Lipinski definition) is 4. The number of H-pyrrole nitrogens is 1. The minimum absolute atomic E-state index is 0.0979. The second-order valence-corrected chi connectivity index (χ2v) is 4.63. The monoisotopic (exact) mass is 282 g/mol. The number of alkyl halides is 2. The van der Waals surface area contributed by atoms with Gasteiger partial charge in [0.2, 0.25) is 0 Å². The fraction of sp³-hybridized carbons (Fsp3) is 0.0833. The summed E-state index contributed by atoms with van der Waals surface area (Å²) >= 11 is 1.32. The van der Waals surface area contributed by atoms with Gasteiger partial charge in [0, 0.05) is 6.07 Å². The predicted octanol–water partition coefficient (Wildman–Crippen LogP) is 3.91. The van der Waals surface area contributed by atoms with E-state index in [0.29, 0.717) is 21.3 Å². The van der Waals surface area contributed by atoms with Crippen LogP contribution >= 0.6 is 11.8 Å². The molecular formula is C12H8F2N2O2S. The standard InChI is InChI=1S/C12H8F2N2O2S/c13-11(14)18-7-3-4-8-9(6-7)16-12(15-8)19-10-2-1-5-17-10/h1-6,11H,(H,15,16). The number of nitrogens with zero attached hydrogens (tertiary/aromatic N) is 1. The topological polar surface area (TPSA) is 51.1 Å². The molecule has 2 aromatic heterocycles. The van der Waals surface area contributed by atoms with Crippen LogP contribution in [0.3, 0.4) is 0 Å². The zero-order chi connectivity index (χ0) is 13.2. The van der Waals surface area contributed by atoms with Crippen LogP contribution in [-0.4, -0.2) is 16.6 Å². The van der Waals surface area contributed by atoms with E-state index in [2.05, 4.69) is 14.7 Å². The highest BCUT2D eigenvalue weighted by molar-refractivity contribution is 7.99. The first-order valence-electron chi connectivity index (χ1n) is 5.36. The molecule has 1 aromatic carbocycles. The molecule has 0 radical (unpaired) electrons. The Balaban J connectivity index is 1.88. The number of halogens is 2. The summed E-state index contributed by atoms with van der Waals surface area (Å²) in [6, 6.07) is 8.15. The summed E-state index contributed by atoms with van der Waals surface area (Å²) in [5, 5.41) is 1.32. The lowest BCUT2D eigenvalue weighted by Crippen LogP contribution is -2.01. The lowest BCUT2D eigenvalue weighted by Gasteiger charge is -2.02. The van der Waals surface area contributed by atoms with Crippen molar-refractivity contribution in [1.29, 1.82) is 0 Å². The molecule has 0 fully saturated rings. The van der Waals surface area contributed by atoms with Crippen LogP contribution < -0.4 is 4.74 Å². The highest BCUT2D eigenvalue weighted by Crippen LogP contribution is 2.28. The average Bonchev–Trinajstić information content (AvgIpc) is 2.97. The molecule has 7 heteroatoms. The molecule has 3 aromatic rings. The minimum Gasteiger partial charge on any atom is -0.458 e. The van der Waals surface area contributed by atoms with Crippen LogP contribution in [0.1, 0.15) is 0 Å². The lowest BCUT2D eigenvalue weighted by atomic mass is 10.3. The molecule has 0 bridgehead atoms. The third-order valence-corrected chi connectivity index (χ3v) is 3.17. The van der Waals surface area contributed by atoms with Crippen molar-refractivity contribution in [2.45, 2.75) is 16.9 Å². The summed E-state index contributed by atoms with van der Waals surface area (Å²) in [6.45, 7) is -2.84. The number of aromatic nitrogens is 2. The second kappa shape index (κ2) is 4.93. The number of furan rings is 1. The van der Waals surface area contributed by atoms with Crippen molar-refractivity contribution in [2.75, 3.05) is 0 Å². The normalized spacial score (nSPS) is 11.3. The number of rotatable bonds is 4. The molecule has 4 nitrogen and oxygen atoms in total. The van der Waals surface area contributed by atoms with Gasteiger partial charge in [0.1, 0.15) is 5.75 Å². The largest absolute Gasteiger partial charge is 0.458 e. The van der Waals surface area contributed by atoms with E-state index in [0.717, 1.165) is 0 Å². The third-order valence-electron chi connectivity index (χ3n) is 2.35. The van der Waals surface area contributed by atoms with Gasteiger partial charge in [0.15, 0.2) is 10.2 Å². The van der Waals surface area contributed by atoms with E-state index in [9.17, 15) is 8.78 Å². The summed E-state index contributed by atoms with van der Waals surface area (Å²) in [5.41, 5.74) is 1.31. The molecule has 0 atom stereocenters. The van der Waals surface area contributed by atoms with Crippen LogP contribution in [-0.2, 0) is 0 Å². The number of imidazole rings is 1. The van der Waals surface area contributed by atoms with Gasteiger partial charge in [-0.2, -0.15) is 8.78 Å². The molecule has 1 N–H and O–H groups in total. The number of nitrogens with one attached hydrogen (secondary N) is 1. The van der Waals surface area contributed by atoms with Crippen LogP contribution in [0.5, 0.6) is 5.75 Å². The summed E-state index contributed by atoms with van der Waals surface area (Å²) in [6.07, 6.45) is 1.57. The fourth-order valence-corrected chi connectivity index (χ4v) is 2.35. The van der Waals surface area contributed by atoms with E-state index < -0.39 is 6.61 Å². The molecule has 0 amide bonds. The van der Waals surface area contributed by atoms with Crippen molar-refractivity contribution in [1.82, 2.24) is 9.97 Å². The maximum absolute atomic E-state index is 12.1. The molecule has 0 aliphatic carbocycles. The Morgan fingerprint density at radius 3 is 2.95 bits per heavy atom. The van der Waals surface area contributed by atoms with Gasteiger partial charge in [0.05, 0.1) is 17.3 Å². The number of fused-ring (bicyclic) bond motifs is 1. The zero-order valence-electron chi connectivity index (χ0n) is 9.47. The molecule has 0 aliphatic rings. The molecule has 0 unspecified atom stereocenters. The van der Waals surface area contributed by atoms with E-state index in [1.807, 2.05) is 6.07 Å². The second-order valence-electron chi connectivity index (χ2n) is 3.63. The van der Waals surface area contributed by atoms with Gasteiger partial charge >= 0.3 is 6.61 Å². The smallest absolute Gasteiger partial charge is 0.387 e. The van der Waals surface area contributed by atoms with Crippen LogP contribution in [0.15, 0.2) is 51.3 Å². The Kier molecular flexibility index (Phi) is 3.12. The molecule has 0 saturated carbocycles. The van der Waals surface area contributed by atoms with Gasteiger partial charge in [-0.05, 0) is 36.0 Å². The quantitative estimate of drug-likeness (QED) is 0.788. The number of aromatic amines is 1. The maximum Gasteiger partial charge on any atom is 0.387 e. The van der Waals surface area contributed by atoms with E-state index >= 15 is 0 Å². The summed E-state index contributed by atoms with van der Waals surface area (Å²) in [4.78, 5) is 7.33. The summed E-state index contributed by atoms with van der Waals surface area (Å²) in [7, 11) is 0. The van der Waals surface area contributed by atoms with Gasteiger partial charge < -0.3 is 14.1 Å². The average molecular weight is 282 g/mol. The first-order valence-corrected chi connectivity index (χ1v) is 6.18. The summed E-state index contributed by atoms with van der Waals surface area (Å²) < 4.78 is 33.7. The molecule has 0 spiro atoms.